The molecule has 2 aromatic rings. The monoisotopic (exact) mass is 461 g/mol. The molecule has 32 heavy (non-hydrogen) atoms. The van der Waals surface area contributed by atoms with Crippen LogP contribution in [0.2, 0.25) is 0 Å². The van der Waals surface area contributed by atoms with Gasteiger partial charge in [0.1, 0.15) is 5.00 Å². The maximum Gasteiger partial charge on any atom is 0.341 e. The Morgan fingerprint density at radius 1 is 1.09 bits per heavy atom. The van der Waals surface area contributed by atoms with Crippen LogP contribution in [0.4, 0.5) is 5.00 Å². The van der Waals surface area contributed by atoms with Crippen LogP contribution in [0.15, 0.2) is 18.2 Å². The number of fused-ring (bicyclic) bond motifs is 1. The molecule has 1 atom stereocenters. The lowest BCUT2D eigenvalue weighted by atomic mass is 9.88. The number of esters is 2. The minimum atomic E-state index is -0.675. The molecule has 3 rings (SSSR count). The largest absolute Gasteiger partial charge is 0.493 e. The summed E-state index contributed by atoms with van der Waals surface area (Å²) in [5.74, 6) is -0.283. The molecule has 1 amide bonds. The fraction of sp³-hybridized carbons (Fsp3) is 0.435. The topological polar surface area (TPSA) is 100 Å². The number of carbonyl (C=O) groups is 3. The van der Waals surface area contributed by atoms with E-state index in [1.165, 1.54) is 37.7 Å². The number of hydrogen-bond donors (Lipinski definition) is 1. The summed E-state index contributed by atoms with van der Waals surface area (Å²) in [5, 5.41) is 3.17. The first kappa shape index (κ1) is 23.6. The summed E-state index contributed by atoms with van der Waals surface area (Å²) in [6.07, 6.45) is 2.61. The van der Waals surface area contributed by atoms with E-state index in [2.05, 4.69) is 12.2 Å². The predicted molar refractivity (Wildman–Crippen MR) is 120 cm³/mol. The third-order valence-electron chi connectivity index (χ3n) is 5.20. The van der Waals surface area contributed by atoms with Crippen LogP contribution in [0, 0.1) is 5.92 Å². The van der Waals surface area contributed by atoms with Crippen LogP contribution in [-0.4, -0.2) is 45.3 Å². The second-order valence-corrected chi connectivity index (χ2v) is 8.58. The van der Waals surface area contributed by atoms with E-state index in [0.717, 1.165) is 29.7 Å². The lowest BCUT2D eigenvalue weighted by Gasteiger charge is -2.18. The highest BCUT2D eigenvalue weighted by Gasteiger charge is 2.29. The van der Waals surface area contributed by atoms with Gasteiger partial charge in [0.15, 0.2) is 18.1 Å². The molecule has 0 spiro atoms. The van der Waals surface area contributed by atoms with Crippen LogP contribution in [0.1, 0.15) is 51.4 Å². The summed E-state index contributed by atoms with van der Waals surface area (Å²) in [7, 11) is 2.96. The molecule has 1 aliphatic rings. The molecule has 1 aliphatic carbocycles. The molecule has 1 unspecified atom stereocenters. The Labute approximate surface area is 190 Å². The van der Waals surface area contributed by atoms with Gasteiger partial charge < -0.3 is 24.3 Å². The number of thiophene rings is 1. The summed E-state index contributed by atoms with van der Waals surface area (Å²) in [6, 6.07) is 4.58. The van der Waals surface area contributed by atoms with Crippen molar-refractivity contribution in [3.63, 3.8) is 0 Å². The zero-order valence-electron chi connectivity index (χ0n) is 18.6. The maximum atomic E-state index is 12.6. The average molecular weight is 462 g/mol. The van der Waals surface area contributed by atoms with Crippen LogP contribution in [0.5, 0.6) is 11.5 Å². The van der Waals surface area contributed by atoms with Crippen LogP contribution in [-0.2, 0) is 27.1 Å². The lowest BCUT2D eigenvalue weighted by Crippen LogP contribution is -2.22. The molecule has 1 aromatic heterocycles. The maximum absolute atomic E-state index is 12.6. The van der Waals surface area contributed by atoms with Crippen LogP contribution in [0.3, 0.4) is 0 Å². The summed E-state index contributed by atoms with van der Waals surface area (Å²) < 4.78 is 20.7. The average Bonchev–Trinajstić information content (AvgIpc) is 3.13. The molecular formula is C23H27NO7S. The summed E-state index contributed by atoms with van der Waals surface area (Å²) in [5.41, 5.74) is 1.59. The number of hydrogen-bond acceptors (Lipinski definition) is 8. The number of nitrogens with one attached hydrogen (secondary N) is 1. The molecule has 0 saturated carbocycles. The van der Waals surface area contributed by atoms with E-state index in [4.69, 9.17) is 18.9 Å². The lowest BCUT2D eigenvalue weighted by molar-refractivity contribution is -0.119. The number of benzene rings is 1. The van der Waals surface area contributed by atoms with Gasteiger partial charge in [-0.1, -0.05) is 6.92 Å². The second-order valence-electron chi connectivity index (χ2n) is 7.47. The Hall–Kier alpha value is -3.07. The van der Waals surface area contributed by atoms with E-state index < -0.39 is 24.5 Å². The van der Waals surface area contributed by atoms with E-state index >= 15 is 0 Å². The van der Waals surface area contributed by atoms with Crippen molar-refractivity contribution in [1.29, 1.82) is 0 Å². The molecule has 0 fully saturated rings. The first-order valence-corrected chi connectivity index (χ1v) is 11.2. The van der Waals surface area contributed by atoms with Crippen molar-refractivity contribution in [2.45, 2.75) is 33.1 Å². The van der Waals surface area contributed by atoms with Crippen molar-refractivity contribution in [2.24, 2.45) is 5.92 Å². The minimum Gasteiger partial charge on any atom is -0.493 e. The van der Waals surface area contributed by atoms with Crippen molar-refractivity contribution < 1.29 is 33.3 Å². The second kappa shape index (κ2) is 10.5. The normalized spacial score (nSPS) is 14.8. The standard InChI is InChI=1S/C23H27NO7S/c1-5-30-23(27)20-15-8-6-13(2)10-18(15)32-21(20)24-19(25)12-31-22(26)14-7-9-16(28-3)17(11-14)29-4/h7,9,11,13H,5-6,8,10,12H2,1-4H3,(H,24,25). The van der Waals surface area contributed by atoms with Crippen molar-refractivity contribution in [3.05, 3.63) is 39.8 Å². The van der Waals surface area contributed by atoms with Gasteiger partial charge in [-0.25, -0.2) is 9.59 Å². The zero-order valence-corrected chi connectivity index (χ0v) is 19.4. The Balaban J connectivity index is 1.69. The molecule has 0 saturated heterocycles. The Morgan fingerprint density at radius 2 is 1.84 bits per heavy atom. The first-order valence-electron chi connectivity index (χ1n) is 10.4. The highest BCUT2D eigenvalue weighted by Crippen LogP contribution is 2.40. The van der Waals surface area contributed by atoms with Gasteiger partial charge >= 0.3 is 11.9 Å². The first-order chi connectivity index (χ1) is 15.4. The molecule has 8 nitrogen and oxygen atoms in total. The fourth-order valence-corrected chi connectivity index (χ4v) is 5.01. The highest BCUT2D eigenvalue weighted by atomic mass is 32.1. The van der Waals surface area contributed by atoms with Gasteiger partial charge in [-0.2, -0.15) is 0 Å². The fourth-order valence-electron chi connectivity index (χ4n) is 3.60. The smallest absolute Gasteiger partial charge is 0.341 e. The molecule has 0 aliphatic heterocycles. The third-order valence-corrected chi connectivity index (χ3v) is 6.37. The molecule has 0 bridgehead atoms. The third kappa shape index (κ3) is 5.21. The van der Waals surface area contributed by atoms with E-state index in [9.17, 15) is 14.4 Å². The van der Waals surface area contributed by atoms with Crippen molar-refractivity contribution in [1.82, 2.24) is 0 Å². The van der Waals surface area contributed by atoms with Gasteiger partial charge in [0.05, 0.1) is 32.0 Å². The van der Waals surface area contributed by atoms with Gasteiger partial charge in [-0.3, -0.25) is 4.79 Å². The molecule has 1 N–H and O–H groups in total. The number of methoxy groups -OCH3 is 2. The molecule has 172 valence electrons. The molecular weight excluding hydrogens is 434 g/mol. The zero-order chi connectivity index (χ0) is 23.3. The summed E-state index contributed by atoms with van der Waals surface area (Å²) in [6.45, 7) is 3.66. The van der Waals surface area contributed by atoms with E-state index in [1.54, 1.807) is 13.0 Å². The van der Waals surface area contributed by atoms with Crippen molar-refractivity contribution in [3.8, 4) is 11.5 Å². The van der Waals surface area contributed by atoms with E-state index in [0.29, 0.717) is 28.0 Å². The van der Waals surface area contributed by atoms with Crippen molar-refractivity contribution >= 4 is 34.2 Å². The summed E-state index contributed by atoms with van der Waals surface area (Å²) in [4.78, 5) is 38.5. The molecule has 1 heterocycles. The van der Waals surface area contributed by atoms with E-state index in [-0.39, 0.29) is 12.2 Å². The number of carbonyl (C=O) groups excluding carboxylic acids is 3. The highest BCUT2D eigenvalue weighted by molar-refractivity contribution is 7.17. The SMILES string of the molecule is CCOC(=O)c1c(NC(=O)COC(=O)c2ccc(OC)c(OC)c2)sc2c1CCC(C)C2. The van der Waals surface area contributed by atoms with Gasteiger partial charge in [-0.15, -0.1) is 11.3 Å². The Kier molecular flexibility index (Phi) is 7.74. The van der Waals surface area contributed by atoms with Gasteiger partial charge in [-0.05, 0) is 55.9 Å². The number of ether oxygens (including phenoxy) is 4. The van der Waals surface area contributed by atoms with Gasteiger partial charge in [0.2, 0.25) is 0 Å². The predicted octanol–water partition coefficient (Wildman–Crippen LogP) is 3.86. The minimum absolute atomic E-state index is 0.225. The molecule has 9 heteroatoms. The van der Waals surface area contributed by atoms with Gasteiger partial charge in [0, 0.05) is 4.88 Å². The number of anilines is 1. The van der Waals surface area contributed by atoms with Crippen molar-refractivity contribution in [2.75, 3.05) is 32.8 Å². The Bertz CT molecular complexity index is 1010. The Morgan fingerprint density at radius 3 is 2.53 bits per heavy atom. The number of amides is 1. The quantitative estimate of drug-likeness (QED) is 0.596. The van der Waals surface area contributed by atoms with Gasteiger partial charge in [0.25, 0.3) is 5.91 Å². The van der Waals surface area contributed by atoms with Crippen LogP contribution >= 0.6 is 11.3 Å². The molecule has 0 radical (unpaired) electrons. The number of rotatable bonds is 8. The van der Waals surface area contributed by atoms with Crippen LogP contribution < -0.4 is 14.8 Å². The molecule has 1 aromatic carbocycles. The van der Waals surface area contributed by atoms with E-state index in [1.807, 2.05) is 0 Å². The summed E-state index contributed by atoms with van der Waals surface area (Å²) >= 11 is 1.38. The van der Waals surface area contributed by atoms with Crippen LogP contribution in [0.25, 0.3) is 0 Å².